The van der Waals surface area contributed by atoms with Gasteiger partial charge in [-0.15, -0.1) is 0 Å². The van der Waals surface area contributed by atoms with Crippen molar-refractivity contribution in [1.82, 2.24) is 9.88 Å². The second kappa shape index (κ2) is 10.7. The van der Waals surface area contributed by atoms with Gasteiger partial charge in [-0.25, -0.2) is 13.4 Å². The highest BCUT2D eigenvalue weighted by Gasteiger charge is 2.39. The number of fused-ring (bicyclic) bond motifs is 1. The van der Waals surface area contributed by atoms with Crippen molar-refractivity contribution in [3.8, 4) is 5.75 Å². The predicted octanol–water partition coefficient (Wildman–Crippen LogP) is 5.22. The zero-order valence-electron chi connectivity index (χ0n) is 19.4. The first-order chi connectivity index (χ1) is 16.8. The Labute approximate surface area is 218 Å². The third kappa shape index (κ3) is 6.45. The van der Waals surface area contributed by atoms with Gasteiger partial charge >= 0.3 is 6.18 Å². The van der Waals surface area contributed by atoms with Crippen LogP contribution < -0.4 is 9.64 Å². The molecule has 4 rings (SSSR count). The second-order valence-electron chi connectivity index (χ2n) is 8.52. The van der Waals surface area contributed by atoms with Crippen molar-refractivity contribution in [2.75, 3.05) is 37.3 Å². The molecular weight excluding hydrogens is 531 g/mol. The monoisotopic (exact) mass is 557 g/mol. The number of sulfone groups is 1. The molecule has 0 radical (unpaired) electrons. The van der Waals surface area contributed by atoms with Crippen molar-refractivity contribution >= 4 is 44.1 Å². The average molecular weight is 558 g/mol. The third-order valence-electron chi connectivity index (χ3n) is 5.90. The van der Waals surface area contributed by atoms with E-state index in [9.17, 15) is 26.4 Å². The largest absolute Gasteiger partial charge is 0.480 e. The maximum absolute atomic E-state index is 13.3. The summed E-state index contributed by atoms with van der Waals surface area (Å²) in [6.45, 7) is 2.20. The molecule has 1 amide bonds. The molecule has 37 heavy (non-hydrogen) atoms. The van der Waals surface area contributed by atoms with Crippen molar-refractivity contribution in [1.29, 1.82) is 0 Å². The van der Waals surface area contributed by atoms with E-state index < -0.39 is 28.0 Å². The Morgan fingerprint density at radius 3 is 2.35 bits per heavy atom. The fourth-order valence-electron chi connectivity index (χ4n) is 3.84. The molecule has 1 aliphatic heterocycles. The van der Waals surface area contributed by atoms with Crippen LogP contribution in [0.25, 0.3) is 10.9 Å². The molecule has 0 unspecified atom stereocenters. The van der Waals surface area contributed by atoms with Gasteiger partial charge in [0.15, 0.2) is 15.9 Å². The highest BCUT2D eigenvalue weighted by Crippen LogP contribution is 2.30. The summed E-state index contributed by atoms with van der Waals surface area (Å²) >= 11 is 6.03. The van der Waals surface area contributed by atoms with Crippen LogP contribution in [0, 0.1) is 0 Å². The van der Waals surface area contributed by atoms with E-state index in [4.69, 9.17) is 16.3 Å². The van der Waals surface area contributed by atoms with Crippen LogP contribution in [0.15, 0.2) is 53.4 Å². The number of ether oxygens (including phenoxy) is 1. The molecule has 200 valence electrons. The number of rotatable bonds is 5. The number of benzene rings is 2. The Morgan fingerprint density at radius 1 is 1.05 bits per heavy atom. The molecule has 12 heteroatoms. The van der Waals surface area contributed by atoms with Gasteiger partial charge in [-0.05, 0) is 55.5 Å². The number of anilines is 1. The van der Waals surface area contributed by atoms with Crippen molar-refractivity contribution in [2.24, 2.45) is 0 Å². The van der Waals surface area contributed by atoms with Gasteiger partial charge in [0.1, 0.15) is 11.6 Å². The minimum Gasteiger partial charge on any atom is -0.480 e. The Bertz CT molecular complexity index is 1410. The first-order valence-corrected chi connectivity index (χ1v) is 13.3. The number of nitrogens with zero attached hydrogens (tertiary/aromatic N) is 3. The molecule has 0 spiro atoms. The van der Waals surface area contributed by atoms with Crippen LogP contribution in [0.5, 0.6) is 5.75 Å². The van der Waals surface area contributed by atoms with E-state index in [1.54, 1.807) is 6.07 Å². The fraction of sp³-hybridized carbons (Fsp3) is 0.360. The van der Waals surface area contributed by atoms with Gasteiger partial charge in [0.25, 0.3) is 5.91 Å². The standard InChI is InChI=1S/C24H23ClF3N3O4S.CH4/c1-15(24(26,27)28)35-21-7-5-18(36(2,33)34)14-19(21)23(32)31-11-9-30(10-12-31)22-8-3-16-13-17(25)4-6-20(16)29-22;/h3-8,13-15H,9-12H2,1-2H3;1H4/t15-;/m0./s1. The lowest BCUT2D eigenvalue weighted by Crippen LogP contribution is -2.49. The molecule has 1 saturated heterocycles. The van der Waals surface area contributed by atoms with Crippen molar-refractivity contribution in [3.05, 3.63) is 59.1 Å². The zero-order valence-corrected chi connectivity index (χ0v) is 21.0. The summed E-state index contributed by atoms with van der Waals surface area (Å²) in [4.78, 5) is 21.2. The number of piperazine rings is 1. The molecule has 0 aliphatic carbocycles. The molecule has 0 N–H and O–H groups in total. The van der Waals surface area contributed by atoms with Gasteiger partial charge in [-0.1, -0.05) is 19.0 Å². The number of halogens is 4. The normalized spacial score (nSPS) is 15.3. The fourth-order valence-corrected chi connectivity index (χ4v) is 4.67. The van der Waals surface area contributed by atoms with Crippen LogP contribution in [0.2, 0.25) is 5.02 Å². The van der Waals surface area contributed by atoms with Gasteiger partial charge in [-0.2, -0.15) is 13.2 Å². The molecule has 0 saturated carbocycles. The molecule has 1 aromatic heterocycles. The molecule has 0 bridgehead atoms. The number of amides is 1. The van der Waals surface area contributed by atoms with Crippen LogP contribution in [0.1, 0.15) is 24.7 Å². The van der Waals surface area contributed by atoms with E-state index in [2.05, 4.69) is 4.98 Å². The molecule has 7 nitrogen and oxygen atoms in total. The third-order valence-corrected chi connectivity index (χ3v) is 7.25. The number of hydrogen-bond donors (Lipinski definition) is 0. The molecule has 3 aromatic rings. The van der Waals surface area contributed by atoms with Crippen LogP contribution in [-0.2, 0) is 9.84 Å². The Kier molecular flexibility index (Phi) is 8.28. The molecule has 1 atom stereocenters. The van der Waals surface area contributed by atoms with Gasteiger partial charge in [0.05, 0.1) is 16.0 Å². The topological polar surface area (TPSA) is 79.8 Å². The van der Waals surface area contributed by atoms with E-state index in [1.807, 2.05) is 29.2 Å². The number of pyridine rings is 1. The number of alkyl halides is 3. The predicted molar refractivity (Wildman–Crippen MR) is 137 cm³/mol. The molecule has 1 aliphatic rings. The number of carbonyl (C=O) groups excluding carboxylic acids is 1. The van der Waals surface area contributed by atoms with E-state index >= 15 is 0 Å². The second-order valence-corrected chi connectivity index (χ2v) is 11.0. The van der Waals surface area contributed by atoms with Gasteiger partial charge in [0, 0.05) is 42.8 Å². The number of aromatic nitrogens is 1. The maximum Gasteiger partial charge on any atom is 0.425 e. The summed E-state index contributed by atoms with van der Waals surface area (Å²) in [5.41, 5.74) is 0.539. The summed E-state index contributed by atoms with van der Waals surface area (Å²) in [5.74, 6) is -0.209. The average Bonchev–Trinajstić information content (AvgIpc) is 2.82. The van der Waals surface area contributed by atoms with E-state index in [0.717, 1.165) is 48.1 Å². The van der Waals surface area contributed by atoms with Gasteiger partial charge in [-0.3, -0.25) is 4.79 Å². The summed E-state index contributed by atoms with van der Waals surface area (Å²) in [5, 5.41) is 1.50. The van der Waals surface area contributed by atoms with E-state index in [1.165, 1.54) is 4.90 Å². The number of carbonyl (C=O) groups is 1. The maximum atomic E-state index is 13.3. The molecular formula is C25H27ClF3N3O4S. The zero-order chi connectivity index (χ0) is 26.3. The summed E-state index contributed by atoms with van der Waals surface area (Å²) in [7, 11) is -3.70. The minimum atomic E-state index is -4.65. The van der Waals surface area contributed by atoms with Crippen molar-refractivity contribution in [2.45, 2.75) is 31.5 Å². The smallest absolute Gasteiger partial charge is 0.425 e. The lowest BCUT2D eigenvalue weighted by Gasteiger charge is -2.36. The van der Waals surface area contributed by atoms with Crippen LogP contribution in [0.4, 0.5) is 19.0 Å². The van der Waals surface area contributed by atoms with Crippen LogP contribution in [0.3, 0.4) is 0 Å². The first-order valence-electron chi connectivity index (χ1n) is 11.0. The Balaban J connectivity index is 0.00000380. The first kappa shape index (κ1) is 28.5. The molecule has 2 heterocycles. The minimum absolute atomic E-state index is 0. The van der Waals surface area contributed by atoms with Gasteiger partial charge in [0.2, 0.25) is 0 Å². The lowest BCUT2D eigenvalue weighted by atomic mass is 10.1. The lowest BCUT2D eigenvalue weighted by molar-refractivity contribution is -0.189. The van der Waals surface area contributed by atoms with Crippen LogP contribution >= 0.6 is 11.6 Å². The Hall–Kier alpha value is -3.05. The van der Waals surface area contributed by atoms with Gasteiger partial charge < -0.3 is 14.5 Å². The van der Waals surface area contributed by atoms with Crippen molar-refractivity contribution < 1.29 is 31.1 Å². The SMILES string of the molecule is C.C[C@H](Oc1ccc(S(C)(=O)=O)cc1C(=O)N1CCN(c2ccc3cc(Cl)ccc3n2)CC1)C(F)(F)F. The highest BCUT2D eigenvalue weighted by atomic mass is 35.5. The summed E-state index contributed by atoms with van der Waals surface area (Å²) in [6.07, 6.45) is -5.88. The summed E-state index contributed by atoms with van der Waals surface area (Å²) in [6, 6.07) is 12.4. The quantitative estimate of drug-likeness (QED) is 0.428. The molecule has 1 fully saturated rings. The van der Waals surface area contributed by atoms with Crippen LogP contribution in [-0.4, -0.2) is 68.9 Å². The summed E-state index contributed by atoms with van der Waals surface area (Å²) < 4.78 is 68.3. The molecule has 2 aromatic carbocycles. The van der Waals surface area contributed by atoms with E-state index in [-0.39, 0.29) is 36.7 Å². The van der Waals surface area contributed by atoms with E-state index in [0.29, 0.717) is 18.1 Å². The van der Waals surface area contributed by atoms with Crippen molar-refractivity contribution in [3.63, 3.8) is 0 Å². The number of hydrogen-bond acceptors (Lipinski definition) is 6. The Morgan fingerprint density at radius 2 is 1.73 bits per heavy atom. The highest BCUT2D eigenvalue weighted by molar-refractivity contribution is 7.90.